The lowest BCUT2D eigenvalue weighted by molar-refractivity contribution is -0.192. The monoisotopic (exact) mass is 354 g/mol. The molecule has 3 saturated heterocycles. The fraction of sp³-hybridized carbons (Fsp3) is 0.938. The molecule has 3 atom stereocenters. The molecule has 3 aliphatic rings. The molecule has 0 aromatic rings. The van der Waals surface area contributed by atoms with Gasteiger partial charge >= 0.3 is 6.18 Å². The normalized spacial score (nSPS) is 36.0. The third-order valence-corrected chi connectivity index (χ3v) is 5.92. The lowest BCUT2D eigenvalue weighted by Gasteiger charge is -2.38. The van der Waals surface area contributed by atoms with Crippen molar-refractivity contribution in [1.82, 2.24) is 10.2 Å². The highest BCUT2D eigenvalue weighted by atomic mass is 35.5. The van der Waals surface area contributed by atoms with E-state index in [2.05, 4.69) is 5.32 Å². The number of hydrogen-bond acceptors (Lipinski definition) is 2. The summed E-state index contributed by atoms with van der Waals surface area (Å²) in [5.41, 5.74) is -1.12. The molecule has 3 unspecified atom stereocenters. The van der Waals surface area contributed by atoms with Gasteiger partial charge in [0.2, 0.25) is 5.91 Å². The van der Waals surface area contributed by atoms with Gasteiger partial charge in [-0.15, -0.1) is 12.4 Å². The van der Waals surface area contributed by atoms with E-state index in [1.807, 2.05) is 0 Å². The average Bonchev–Trinajstić information content (AvgIpc) is 2.87. The Bertz CT molecular complexity index is 443. The zero-order valence-electron chi connectivity index (χ0n) is 13.7. The van der Waals surface area contributed by atoms with Gasteiger partial charge in [0.05, 0.1) is 5.92 Å². The SMILES string of the molecule is CC1(C)C(C(F)(F)F)CCN1C(=O)CC1CC2CCC(C1)N2.Cl. The molecule has 3 rings (SSSR count). The standard InChI is InChI=1S/C16H25F3N2O.ClH/c1-15(2)13(16(17,18)19)5-6-21(15)14(22)9-10-7-11-3-4-12(8-10)20-11;/h10-13,20H,3-9H2,1-2H3;1H. The summed E-state index contributed by atoms with van der Waals surface area (Å²) in [6.07, 6.45) is 0.509. The molecule has 1 N–H and O–H groups in total. The van der Waals surface area contributed by atoms with Crippen molar-refractivity contribution in [2.45, 2.75) is 76.2 Å². The minimum atomic E-state index is -4.23. The minimum absolute atomic E-state index is 0. The van der Waals surface area contributed by atoms with Gasteiger partial charge in [-0.05, 0) is 51.9 Å². The molecule has 0 saturated carbocycles. The molecule has 0 radical (unpaired) electrons. The Hall–Kier alpha value is -0.490. The fourth-order valence-electron chi connectivity index (χ4n) is 4.80. The van der Waals surface area contributed by atoms with Crippen molar-refractivity contribution >= 4 is 18.3 Å². The lowest BCUT2D eigenvalue weighted by atomic mass is 9.86. The van der Waals surface area contributed by atoms with Crippen LogP contribution in [0.5, 0.6) is 0 Å². The van der Waals surface area contributed by atoms with Crippen LogP contribution in [0.1, 0.15) is 52.4 Å². The van der Waals surface area contributed by atoms with Crippen molar-refractivity contribution in [1.29, 1.82) is 0 Å². The number of likely N-dealkylation sites (tertiary alicyclic amines) is 1. The highest BCUT2D eigenvalue weighted by Crippen LogP contribution is 2.45. The van der Waals surface area contributed by atoms with Crippen LogP contribution in [0.4, 0.5) is 13.2 Å². The summed E-state index contributed by atoms with van der Waals surface area (Å²) < 4.78 is 39.3. The molecular formula is C16H26ClF3N2O. The van der Waals surface area contributed by atoms with Gasteiger partial charge in [-0.2, -0.15) is 13.2 Å². The fourth-order valence-corrected chi connectivity index (χ4v) is 4.80. The summed E-state index contributed by atoms with van der Waals surface area (Å²) in [4.78, 5) is 14.1. The van der Waals surface area contributed by atoms with Gasteiger partial charge in [0.25, 0.3) is 0 Å². The maximum absolute atomic E-state index is 13.1. The van der Waals surface area contributed by atoms with Crippen molar-refractivity contribution in [3.8, 4) is 0 Å². The van der Waals surface area contributed by atoms with Crippen LogP contribution in [0.2, 0.25) is 0 Å². The van der Waals surface area contributed by atoms with E-state index in [4.69, 9.17) is 0 Å². The first kappa shape index (κ1) is 18.8. The summed E-state index contributed by atoms with van der Waals surface area (Å²) >= 11 is 0. The highest BCUT2D eigenvalue weighted by Gasteiger charge is 2.56. The number of amides is 1. The van der Waals surface area contributed by atoms with Crippen molar-refractivity contribution in [2.24, 2.45) is 11.8 Å². The second kappa shape index (κ2) is 6.43. The van der Waals surface area contributed by atoms with Crippen LogP contribution in [0.25, 0.3) is 0 Å². The predicted molar refractivity (Wildman–Crippen MR) is 84.5 cm³/mol. The van der Waals surface area contributed by atoms with E-state index < -0.39 is 17.6 Å². The predicted octanol–water partition coefficient (Wildman–Crippen LogP) is 3.52. The Balaban J connectivity index is 0.00000192. The Labute approximate surface area is 141 Å². The summed E-state index contributed by atoms with van der Waals surface area (Å²) in [7, 11) is 0. The number of halogens is 4. The van der Waals surface area contributed by atoms with Crippen molar-refractivity contribution in [3.63, 3.8) is 0 Å². The van der Waals surface area contributed by atoms with Crippen LogP contribution < -0.4 is 5.32 Å². The average molecular weight is 355 g/mol. The molecule has 2 bridgehead atoms. The number of rotatable bonds is 2. The van der Waals surface area contributed by atoms with E-state index in [0.29, 0.717) is 24.4 Å². The molecule has 3 heterocycles. The van der Waals surface area contributed by atoms with E-state index in [0.717, 1.165) is 12.8 Å². The van der Waals surface area contributed by atoms with Crippen LogP contribution in [-0.2, 0) is 4.79 Å². The molecule has 3 aliphatic heterocycles. The van der Waals surface area contributed by atoms with E-state index in [9.17, 15) is 18.0 Å². The molecule has 7 heteroatoms. The van der Waals surface area contributed by atoms with E-state index in [1.165, 1.54) is 17.7 Å². The summed E-state index contributed by atoms with van der Waals surface area (Å²) in [5, 5.41) is 3.53. The molecule has 0 aliphatic carbocycles. The Morgan fingerprint density at radius 3 is 2.22 bits per heavy atom. The van der Waals surface area contributed by atoms with Gasteiger partial charge in [0, 0.05) is 30.6 Å². The van der Waals surface area contributed by atoms with Gasteiger partial charge in [-0.3, -0.25) is 4.79 Å². The molecular weight excluding hydrogens is 329 g/mol. The third kappa shape index (κ3) is 3.63. The maximum Gasteiger partial charge on any atom is 0.394 e. The Kier molecular flexibility index (Phi) is 5.27. The topological polar surface area (TPSA) is 32.3 Å². The second-order valence-corrected chi connectivity index (χ2v) is 7.76. The van der Waals surface area contributed by atoms with E-state index >= 15 is 0 Å². The van der Waals surface area contributed by atoms with Gasteiger partial charge in [0.15, 0.2) is 0 Å². The Morgan fingerprint density at radius 1 is 1.17 bits per heavy atom. The van der Waals surface area contributed by atoms with E-state index in [1.54, 1.807) is 13.8 Å². The maximum atomic E-state index is 13.1. The first-order chi connectivity index (χ1) is 10.2. The Morgan fingerprint density at radius 2 is 1.74 bits per heavy atom. The second-order valence-electron chi connectivity index (χ2n) is 7.76. The number of alkyl halides is 3. The highest BCUT2D eigenvalue weighted by molar-refractivity contribution is 5.85. The van der Waals surface area contributed by atoms with Crippen molar-refractivity contribution in [2.75, 3.05) is 6.54 Å². The number of carbonyl (C=O) groups excluding carboxylic acids is 1. The van der Waals surface area contributed by atoms with Gasteiger partial charge in [0.1, 0.15) is 0 Å². The summed E-state index contributed by atoms with van der Waals surface area (Å²) in [6, 6.07) is 1.01. The molecule has 0 spiro atoms. The quantitative estimate of drug-likeness (QED) is 0.823. The molecule has 134 valence electrons. The van der Waals surface area contributed by atoms with Crippen LogP contribution >= 0.6 is 12.4 Å². The number of hydrogen-bond donors (Lipinski definition) is 1. The summed E-state index contributed by atoms with van der Waals surface area (Å²) in [6.45, 7) is 3.35. The summed E-state index contributed by atoms with van der Waals surface area (Å²) in [5.74, 6) is -1.18. The number of fused-ring (bicyclic) bond motifs is 2. The smallest absolute Gasteiger partial charge is 0.337 e. The molecule has 3 fully saturated rings. The van der Waals surface area contributed by atoms with Crippen molar-refractivity contribution < 1.29 is 18.0 Å². The number of nitrogens with one attached hydrogen (secondary N) is 1. The lowest BCUT2D eigenvalue weighted by Crippen LogP contribution is -2.50. The number of carbonyl (C=O) groups is 1. The first-order valence-electron chi connectivity index (χ1n) is 8.31. The zero-order valence-corrected chi connectivity index (χ0v) is 14.5. The first-order valence-corrected chi connectivity index (χ1v) is 8.31. The third-order valence-electron chi connectivity index (χ3n) is 5.92. The largest absolute Gasteiger partial charge is 0.394 e. The van der Waals surface area contributed by atoms with E-state index in [-0.39, 0.29) is 31.3 Å². The number of nitrogens with zero attached hydrogens (tertiary/aromatic N) is 1. The van der Waals surface area contributed by atoms with Crippen LogP contribution in [0.15, 0.2) is 0 Å². The van der Waals surface area contributed by atoms with Crippen LogP contribution in [0.3, 0.4) is 0 Å². The van der Waals surface area contributed by atoms with Gasteiger partial charge < -0.3 is 10.2 Å². The van der Waals surface area contributed by atoms with Gasteiger partial charge in [-0.1, -0.05) is 0 Å². The molecule has 1 amide bonds. The zero-order chi connectivity index (χ0) is 16.1. The molecule has 3 nitrogen and oxygen atoms in total. The van der Waals surface area contributed by atoms with Gasteiger partial charge in [-0.25, -0.2) is 0 Å². The minimum Gasteiger partial charge on any atom is -0.337 e. The molecule has 0 aromatic carbocycles. The molecule has 0 aromatic heterocycles. The van der Waals surface area contributed by atoms with Crippen LogP contribution in [-0.4, -0.2) is 41.2 Å². The number of piperidine rings is 1. The van der Waals surface area contributed by atoms with Crippen LogP contribution in [0, 0.1) is 11.8 Å². The van der Waals surface area contributed by atoms with Crippen molar-refractivity contribution in [3.05, 3.63) is 0 Å². The molecule has 23 heavy (non-hydrogen) atoms.